The summed E-state index contributed by atoms with van der Waals surface area (Å²) >= 11 is 1.37. The van der Waals surface area contributed by atoms with E-state index in [2.05, 4.69) is 17.4 Å². The zero-order valence-corrected chi connectivity index (χ0v) is 23.2. The zero-order valence-electron chi connectivity index (χ0n) is 19.0. The standard InChI is InChI=1S/C18H17F6O9PS4/c1-35-13-7-3-5-11(17(19,20)21)15(13)37(26,27)32-9-30-34(25)31-10-33-38(28,29)16-12(18(22,23)24)6-4-8-14(16)36-2/h3-8,34H,9-10H2,1-2H3. The Balaban J connectivity index is 2.06. The Morgan fingerprint density at radius 2 is 1.05 bits per heavy atom. The van der Waals surface area contributed by atoms with Crippen LogP contribution in [-0.2, 0) is 54.6 Å². The van der Waals surface area contributed by atoms with Crippen LogP contribution in [0.1, 0.15) is 11.1 Å². The number of rotatable bonds is 12. The van der Waals surface area contributed by atoms with Gasteiger partial charge in [-0.1, -0.05) is 12.1 Å². The fourth-order valence-corrected chi connectivity index (χ4v) is 7.56. The van der Waals surface area contributed by atoms with E-state index in [9.17, 15) is 47.7 Å². The normalized spacial score (nSPS) is 13.3. The molecule has 0 bridgehead atoms. The first-order valence-corrected chi connectivity index (χ1v) is 16.0. The van der Waals surface area contributed by atoms with E-state index in [0.717, 1.165) is 24.3 Å². The summed E-state index contributed by atoms with van der Waals surface area (Å²) in [6, 6.07) is 5.19. The van der Waals surface area contributed by atoms with Gasteiger partial charge in [-0.05, 0) is 36.8 Å². The van der Waals surface area contributed by atoms with Crippen molar-refractivity contribution in [2.45, 2.75) is 31.9 Å². The van der Waals surface area contributed by atoms with Crippen LogP contribution < -0.4 is 0 Å². The van der Waals surface area contributed by atoms with Gasteiger partial charge in [0.2, 0.25) is 0 Å². The SMILES string of the molecule is CSc1cccc(C(F)(F)F)c1S(=O)(=O)OCO[PH](=O)OCOS(=O)(=O)c1c(SC)cccc1C(F)(F)F. The molecule has 0 spiro atoms. The lowest BCUT2D eigenvalue weighted by atomic mass is 10.2. The molecule has 0 heterocycles. The van der Waals surface area contributed by atoms with E-state index >= 15 is 0 Å². The molecule has 0 amide bonds. The monoisotopic (exact) mass is 650 g/mol. The minimum atomic E-state index is -5.10. The smallest absolute Gasteiger partial charge is 0.282 e. The second-order valence-electron chi connectivity index (χ2n) is 6.59. The Hall–Kier alpha value is -1.31. The third-order valence-corrected chi connectivity index (χ3v) is 9.49. The zero-order chi connectivity index (χ0) is 28.9. The van der Waals surface area contributed by atoms with Gasteiger partial charge in [0.1, 0.15) is 9.79 Å². The van der Waals surface area contributed by atoms with Crippen LogP contribution in [0.2, 0.25) is 0 Å². The molecular formula is C18H17F6O9PS4. The minimum Gasteiger partial charge on any atom is -0.282 e. The summed E-state index contributed by atoms with van der Waals surface area (Å²) in [6.07, 6.45) is -7.47. The van der Waals surface area contributed by atoms with Gasteiger partial charge >= 0.3 is 40.8 Å². The van der Waals surface area contributed by atoms with Gasteiger partial charge in [-0.2, -0.15) is 43.2 Å². The fourth-order valence-electron chi connectivity index (χ4n) is 2.75. The van der Waals surface area contributed by atoms with E-state index in [1.165, 1.54) is 12.5 Å². The molecule has 0 unspecified atom stereocenters. The Bertz CT molecular complexity index is 1280. The molecule has 2 aromatic carbocycles. The molecule has 0 aliphatic rings. The number of alkyl halides is 6. The van der Waals surface area contributed by atoms with Gasteiger partial charge in [0.15, 0.2) is 13.6 Å². The lowest BCUT2D eigenvalue weighted by Crippen LogP contribution is -2.17. The average Bonchev–Trinajstić information content (AvgIpc) is 2.81. The van der Waals surface area contributed by atoms with Crippen LogP contribution in [0.15, 0.2) is 56.0 Å². The summed E-state index contributed by atoms with van der Waals surface area (Å²) in [5.74, 6) is 0. The highest BCUT2D eigenvalue weighted by Gasteiger charge is 2.40. The molecule has 0 N–H and O–H groups in total. The van der Waals surface area contributed by atoms with Gasteiger partial charge in [0, 0.05) is 9.79 Å². The van der Waals surface area contributed by atoms with Crippen molar-refractivity contribution in [3.05, 3.63) is 47.5 Å². The third-order valence-electron chi connectivity index (χ3n) is 4.27. The second-order valence-corrected chi connectivity index (χ2v) is 12.5. The third kappa shape index (κ3) is 8.34. The summed E-state index contributed by atoms with van der Waals surface area (Å²) in [7, 11) is -14.0. The van der Waals surface area contributed by atoms with Gasteiger partial charge in [-0.15, -0.1) is 23.5 Å². The van der Waals surface area contributed by atoms with Crippen LogP contribution >= 0.6 is 31.8 Å². The Morgan fingerprint density at radius 3 is 1.34 bits per heavy atom. The van der Waals surface area contributed by atoms with E-state index in [1.807, 2.05) is 0 Å². The van der Waals surface area contributed by atoms with Gasteiger partial charge < -0.3 is 0 Å². The Labute approximate surface area is 222 Å². The van der Waals surface area contributed by atoms with Crippen molar-refractivity contribution in [2.24, 2.45) is 0 Å². The maximum Gasteiger partial charge on any atom is 0.417 e. The molecule has 0 radical (unpaired) electrons. The van der Waals surface area contributed by atoms with Gasteiger partial charge in [0.25, 0.3) is 0 Å². The summed E-state index contributed by atoms with van der Waals surface area (Å²) in [4.78, 5) is -3.00. The molecule has 0 saturated carbocycles. The molecule has 2 aromatic rings. The predicted octanol–water partition coefficient (Wildman–Crippen LogP) is 5.62. The maximum absolute atomic E-state index is 13.3. The van der Waals surface area contributed by atoms with Gasteiger partial charge in [-0.3, -0.25) is 13.6 Å². The molecule has 0 aliphatic carbocycles. The number of hydrogen-bond donors (Lipinski definition) is 0. The van der Waals surface area contributed by atoms with Crippen molar-refractivity contribution in [3.8, 4) is 0 Å². The van der Waals surface area contributed by atoms with E-state index in [4.69, 9.17) is 0 Å². The van der Waals surface area contributed by atoms with Crippen LogP contribution in [0, 0.1) is 0 Å². The summed E-state index contributed by atoms with van der Waals surface area (Å²) in [5, 5.41) is 0. The minimum absolute atomic E-state index is 0.300. The molecular weight excluding hydrogens is 633 g/mol. The van der Waals surface area contributed by atoms with Crippen molar-refractivity contribution < 1.29 is 65.2 Å². The molecule has 9 nitrogen and oxygen atoms in total. The summed E-state index contributed by atoms with van der Waals surface area (Å²) in [5.41, 5.74) is -3.04. The van der Waals surface area contributed by atoms with Crippen molar-refractivity contribution in [3.63, 3.8) is 0 Å². The highest BCUT2D eigenvalue weighted by molar-refractivity contribution is 7.99. The summed E-state index contributed by atoms with van der Waals surface area (Å²) < 4.78 is 159. The lowest BCUT2D eigenvalue weighted by Gasteiger charge is -2.16. The van der Waals surface area contributed by atoms with Crippen LogP contribution in [0.25, 0.3) is 0 Å². The quantitative estimate of drug-likeness (QED) is 0.0936. The first-order chi connectivity index (χ1) is 17.5. The summed E-state index contributed by atoms with van der Waals surface area (Å²) in [6.45, 7) is -2.80. The first kappa shape index (κ1) is 32.9. The Kier molecular flexibility index (Phi) is 11.2. The predicted molar refractivity (Wildman–Crippen MR) is 124 cm³/mol. The average molecular weight is 651 g/mol. The van der Waals surface area contributed by atoms with E-state index in [0.29, 0.717) is 35.7 Å². The molecule has 0 fully saturated rings. The molecule has 0 saturated heterocycles. The number of thioether (sulfide) groups is 2. The maximum atomic E-state index is 13.3. The first-order valence-electron chi connectivity index (χ1n) is 9.52. The van der Waals surface area contributed by atoms with Gasteiger partial charge in [-0.25, -0.2) is 8.37 Å². The number of halogens is 6. The van der Waals surface area contributed by atoms with Crippen molar-refractivity contribution in [2.75, 3.05) is 26.1 Å². The Morgan fingerprint density at radius 1 is 0.711 bits per heavy atom. The van der Waals surface area contributed by atoms with Crippen molar-refractivity contribution in [1.82, 2.24) is 0 Å². The molecule has 0 aromatic heterocycles. The molecule has 0 aliphatic heterocycles. The fraction of sp³-hybridized carbons (Fsp3) is 0.333. The van der Waals surface area contributed by atoms with Crippen molar-refractivity contribution >= 4 is 52.0 Å². The molecule has 2 rings (SSSR count). The van der Waals surface area contributed by atoms with Crippen molar-refractivity contribution in [1.29, 1.82) is 0 Å². The van der Waals surface area contributed by atoms with E-state index in [-0.39, 0.29) is 9.79 Å². The van der Waals surface area contributed by atoms with E-state index < -0.39 is 75.3 Å². The topological polar surface area (TPSA) is 122 Å². The van der Waals surface area contributed by atoms with E-state index in [1.54, 1.807) is 0 Å². The highest BCUT2D eigenvalue weighted by Crippen LogP contribution is 2.41. The molecule has 214 valence electrons. The van der Waals surface area contributed by atoms with Crippen LogP contribution in [0.5, 0.6) is 0 Å². The molecule has 38 heavy (non-hydrogen) atoms. The van der Waals surface area contributed by atoms with Gasteiger partial charge in [0.05, 0.1) is 11.1 Å². The van der Waals surface area contributed by atoms with Crippen LogP contribution in [0.4, 0.5) is 26.3 Å². The number of benzene rings is 2. The molecule has 0 atom stereocenters. The lowest BCUT2D eigenvalue weighted by molar-refractivity contribution is -0.141. The largest absolute Gasteiger partial charge is 0.417 e. The molecule has 20 heteroatoms. The van der Waals surface area contributed by atoms with Crippen LogP contribution in [0.3, 0.4) is 0 Å². The highest BCUT2D eigenvalue weighted by atomic mass is 32.2. The second kappa shape index (κ2) is 12.9. The van der Waals surface area contributed by atoms with Crippen LogP contribution in [-0.4, -0.2) is 42.9 Å². The number of hydrogen-bond acceptors (Lipinski definition) is 11.